The number of methoxy groups -OCH3 is 1. The van der Waals surface area contributed by atoms with Crippen molar-refractivity contribution in [1.29, 1.82) is 0 Å². The van der Waals surface area contributed by atoms with Gasteiger partial charge in [-0.1, -0.05) is 12.1 Å². The van der Waals surface area contributed by atoms with E-state index in [9.17, 15) is 14.0 Å². The molecule has 0 radical (unpaired) electrons. The zero-order valence-corrected chi connectivity index (χ0v) is 15.1. The highest BCUT2D eigenvalue weighted by molar-refractivity contribution is 6.03. The quantitative estimate of drug-likeness (QED) is 0.644. The van der Waals surface area contributed by atoms with Crippen LogP contribution in [0.25, 0.3) is 0 Å². The van der Waals surface area contributed by atoms with Crippen LogP contribution >= 0.6 is 0 Å². The summed E-state index contributed by atoms with van der Waals surface area (Å²) in [6, 6.07) is 5.78. The molecule has 2 aromatic rings. The van der Waals surface area contributed by atoms with Crippen LogP contribution in [-0.2, 0) is 11.3 Å². The maximum atomic E-state index is 13.0. The first-order chi connectivity index (χ1) is 11.8. The van der Waals surface area contributed by atoms with Gasteiger partial charge in [0.05, 0.1) is 24.4 Å². The van der Waals surface area contributed by atoms with Gasteiger partial charge in [0.2, 0.25) is 0 Å². The second-order valence-corrected chi connectivity index (χ2v) is 6.20. The first-order valence-corrected chi connectivity index (χ1v) is 8.02. The normalized spacial score (nSPS) is 12.3. The van der Waals surface area contributed by atoms with E-state index in [4.69, 9.17) is 4.74 Å². The maximum Gasteiger partial charge on any atom is 0.339 e. The van der Waals surface area contributed by atoms with Gasteiger partial charge in [-0.15, -0.1) is 0 Å². The predicted octanol–water partition coefficient (Wildman–Crippen LogP) is 3.26. The van der Waals surface area contributed by atoms with Crippen LogP contribution in [0.15, 0.2) is 24.3 Å². The molecule has 1 aromatic heterocycles. The lowest BCUT2D eigenvalue weighted by molar-refractivity contribution is 0.0599. The van der Waals surface area contributed by atoms with Crippen molar-refractivity contribution in [2.45, 2.75) is 33.4 Å². The van der Waals surface area contributed by atoms with Crippen LogP contribution in [-0.4, -0.2) is 41.8 Å². The maximum absolute atomic E-state index is 13.0. The van der Waals surface area contributed by atoms with E-state index in [-0.39, 0.29) is 11.6 Å². The van der Waals surface area contributed by atoms with Gasteiger partial charge in [0.1, 0.15) is 5.82 Å². The molecule has 0 aliphatic heterocycles. The number of ketones is 1. The molecule has 0 aliphatic carbocycles. The molecule has 1 N–H and O–H groups in total. The van der Waals surface area contributed by atoms with Crippen molar-refractivity contribution >= 4 is 11.8 Å². The van der Waals surface area contributed by atoms with E-state index in [1.807, 2.05) is 11.9 Å². The van der Waals surface area contributed by atoms with E-state index >= 15 is 0 Å². The number of aromatic nitrogens is 1. The fraction of sp³-hybridized carbons (Fsp3) is 0.368. The highest BCUT2D eigenvalue weighted by Gasteiger charge is 2.27. The Hall–Kier alpha value is -2.47. The fourth-order valence-electron chi connectivity index (χ4n) is 2.83. The van der Waals surface area contributed by atoms with Crippen LogP contribution < -0.4 is 0 Å². The number of halogens is 1. The topological polar surface area (TPSA) is 62.4 Å². The number of hydrogen-bond acceptors (Lipinski definition) is 4. The number of esters is 1. The van der Waals surface area contributed by atoms with Crippen LogP contribution in [0.2, 0.25) is 0 Å². The monoisotopic (exact) mass is 346 g/mol. The van der Waals surface area contributed by atoms with Gasteiger partial charge in [0.25, 0.3) is 0 Å². The van der Waals surface area contributed by atoms with E-state index in [0.717, 1.165) is 5.56 Å². The summed E-state index contributed by atoms with van der Waals surface area (Å²) in [6.07, 6.45) is 0. The zero-order chi connectivity index (χ0) is 18.7. The molecule has 0 spiro atoms. The van der Waals surface area contributed by atoms with Gasteiger partial charge in [-0.2, -0.15) is 0 Å². The standard InChI is InChI=1S/C19H23FN2O3/c1-11-16(19(24)25-5)12(2)21-17(11)18(23)13(3)22(4)10-14-6-8-15(20)9-7-14/h6-9,13,21H,10H2,1-5H3. The number of aryl methyl sites for hydroxylation is 1. The van der Waals surface area contributed by atoms with Crippen LogP contribution in [0, 0.1) is 19.7 Å². The Bertz CT molecular complexity index is 781. The fourth-order valence-corrected chi connectivity index (χ4v) is 2.83. The molecule has 0 amide bonds. The molecule has 5 nitrogen and oxygen atoms in total. The number of nitrogens with one attached hydrogen (secondary N) is 1. The van der Waals surface area contributed by atoms with E-state index in [2.05, 4.69) is 4.98 Å². The lowest BCUT2D eigenvalue weighted by atomic mass is 10.0. The van der Waals surface area contributed by atoms with Crippen molar-refractivity contribution < 1.29 is 18.7 Å². The van der Waals surface area contributed by atoms with Gasteiger partial charge in [-0.25, -0.2) is 9.18 Å². The highest BCUT2D eigenvalue weighted by Crippen LogP contribution is 2.21. The number of ether oxygens (including phenoxy) is 1. The molecule has 1 heterocycles. The summed E-state index contributed by atoms with van der Waals surface area (Å²) in [5.41, 5.74) is 2.94. The molecule has 0 saturated heterocycles. The number of carbonyl (C=O) groups excluding carboxylic acids is 2. The number of benzene rings is 1. The Morgan fingerprint density at radius 3 is 2.40 bits per heavy atom. The molecule has 25 heavy (non-hydrogen) atoms. The number of rotatable bonds is 6. The Balaban J connectivity index is 2.19. The van der Waals surface area contributed by atoms with Crippen molar-refractivity contribution in [2.24, 2.45) is 0 Å². The summed E-state index contributed by atoms with van der Waals surface area (Å²) in [4.78, 5) is 29.6. The molecular formula is C19H23FN2O3. The SMILES string of the molecule is COC(=O)c1c(C)[nH]c(C(=O)C(C)N(C)Cc2ccc(F)cc2)c1C. The largest absolute Gasteiger partial charge is 0.465 e. The molecule has 1 atom stereocenters. The minimum absolute atomic E-state index is 0.111. The first kappa shape index (κ1) is 18.9. The van der Waals surface area contributed by atoms with E-state index in [0.29, 0.717) is 29.1 Å². The number of carbonyl (C=O) groups is 2. The Labute approximate surface area is 146 Å². The second-order valence-electron chi connectivity index (χ2n) is 6.20. The van der Waals surface area contributed by atoms with Gasteiger partial charge in [0, 0.05) is 12.2 Å². The van der Waals surface area contributed by atoms with Crippen LogP contribution in [0.4, 0.5) is 4.39 Å². The Morgan fingerprint density at radius 1 is 1.24 bits per heavy atom. The van der Waals surface area contributed by atoms with Gasteiger partial charge >= 0.3 is 5.97 Å². The lowest BCUT2D eigenvalue weighted by Crippen LogP contribution is -2.36. The van der Waals surface area contributed by atoms with Gasteiger partial charge < -0.3 is 9.72 Å². The lowest BCUT2D eigenvalue weighted by Gasteiger charge is -2.23. The minimum Gasteiger partial charge on any atom is -0.465 e. The van der Waals surface area contributed by atoms with Gasteiger partial charge in [-0.05, 0) is 51.1 Å². The number of aromatic amines is 1. The smallest absolute Gasteiger partial charge is 0.339 e. The summed E-state index contributed by atoms with van der Waals surface area (Å²) >= 11 is 0. The van der Waals surface area contributed by atoms with Crippen molar-refractivity contribution in [3.05, 3.63) is 58.2 Å². The van der Waals surface area contributed by atoms with Crippen molar-refractivity contribution in [2.75, 3.05) is 14.2 Å². The molecule has 2 rings (SSSR count). The number of hydrogen-bond donors (Lipinski definition) is 1. The molecule has 0 bridgehead atoms. The number of H-pyrrole nitrogens is 1. The molecule has 1 aromatic carbocycles. The molecule has 6 heteroatoms. The van der Waals surface area contributed by atoms with E-state index in [1.165, 1.54) is 19.2 Å². The van der Waals surface area contributed by atoms with Gasteiger partial charge in [-0.3, -0.25) is 9.69 Å². The predicted molar refractivity (Wildman–Crippen MR) is 93.3 cm³/mol. The Kier molecular flexibility index (Phi) is 5.74. The molecular weight excluding hydrogens is 323 g/mol. The van der Waals surface area contributed by atoms with E-state index in [1.54, 1.807) is 32.9 Å². The average Bonchev–Trinajstić information content (AvgIpc) is 2.89. The summed E-state index contributed by atoms with van der Waals surface area (Å²) in [7, 11) is 3.15. The number of nitrogens with zero attached hydrogens (tertiary/aromatic N) is 1. The Morgan fingerprint density at radius 2 is 1.84 bits per heavy atom. The van der Waals surface area contributed by atoms with Crippen molar-refractivity contribution in [3.8, 4) is 0 Å². The van der Waals surface area contributed by atoms with Crippen LogP contribution in [0.3, 0.4) is 0 Å². The minimum atomic E-state index is -0.461. The summed E-state index contributed by atoms with van der Waals surface area (Å²) in [5.74, 6) is -0.860. The van der Waals surface area contributed by atoms with Crippen molar-refractivity contribution in [3.63, 3.8) is 0 Å². The second kappa shape index (κ2) is 7.61. The third-order valence-electron chi connectivity index (χ3n) is 4.46. The van der Waals surface area contributed by atoms with Crippen LogP contribution in [0.5, 0.6) is 0 Å². The third-order valence-corrected chi connectivity index (χ3v) is 4.46. The molecule has 1 unspecified atom stereocenters. The summed E-state index contributed by atoms with van der Waals surface area (Å²) in [5, 5.41) is 0. The van der Waals surface area contributed by atoms with Crippen LogP contribution in [0.1, 0.15) is 44.6 Å². The van der Waals surface area contributed by atoms with Gasteiger partial charge in [0.15, 0.2) is 5.78 Å². The van der Waals surface area contributed by atoms with Crippen molar-refractivity contribution in [1.82, 2.24) is 9.88 Å². The molecule has 0 aliphatic rings. The zero-order valence-electron chi connectivity index (χ0n) is 15.1. The number of likely N-dealkylation sites (N-methyl/N-ethyl adjacent to an activating group) is 1. The number of Topliss-reactive ketones (excluding diaryl/α,β-unsaturated/α-hetero) is 1. The average molecular weight is 346 g/mol. The highest BCUT2D eigenvalue weighted by atomic mass is 19.1. The first-order valence-electron chi connectivity index (χ1n) is 8.02. The van der Waals surface area contributed by atoms with E-state index < -0.39 is 12.0 Å². The molecule has 0 saturated carbocycles. The summed E-state index contributed by atoms with van der Waals surface area (Å²) in [6.45, 7) is 5.79. The molecule has 134 valence electrons. The molecule has 0 fully saturated rings. The summed E-state index contributed by atoms with van der Waals surface area (Å²) < 4.78 is 17.8. The third kappa shape index (κ3) is 3.96.